The van der Waals surface area contributed by atoms with Crippen molar-refractivity contribution in [2.45, 2.75) is 64.2 Å². The number of carbonyl (C=O) groups excluding carboxylic acids is 2. The van der Waals surface area contributed by atoms with Crippen LogP contribution in [0.2, 0.25) is 0 Å². The summed E-state index contributed by atoms with van der Waals surface area (Å²) in [5.74, 6) is -0.153. The number of benzene rings is 2. The molecule has 2 aromatic rings. The van der Waals surface area contributed by atoms with Crippen molar-refractivity contribution >= 4 is 17.5 Å². The highest BCUT2D eigenvalue weighted by molar-refractivity contribution is 5.98. The predicted octanol–water partition coefficient (Wildman–Crippen LogP) is 4.37. The second-order valence-corrected chi connectivity index (χ2v) is 9.33. The van der Waals surface area contributed by atoms with Crippen LogP contribution in [-0.4, -0.2) is 42.6 Å². The fraction of sp³-hybridized carbons (Fsp3) is 0.462. The number of anilines is 1. The summed E-state index contributed by atoms with van der Waals surface area (Å²) in [7, 11) is 1.59. The average molecular weight is 455 g/mol. The molecule has 0 radical (unpaired) electrons. The first-order valence-corrected chi connectivity index (χ1v) is 11.4. The number of nitrogens with zero attached hydrogens (tertiary/aromatic N) is 1. The minimum atomic E-state index is -0.785. The van der Waals surface area contributed by atoms with Gasteiger partial charge in [0.15, 0.2) is 0 Å². The Bertz CT molecular complexity index is 1080. The molecule has 0 aliphatic carbocycles. The largest absolute Gasteiger partial charge is 0.497 e. The van der Waals surface area contributed by atoms with Crippen LogP contribution in [0.3, 0.4) is 0 Å². The summed E-state index contributed by atoms with van der Waals surface area (Å²) in [5, 5.41) is 2.83. The van der Waals surface area contributed by atoms with Gasteiger partial charge < -0.3 is 19.7 Å². The van der Waals surface area contributed by atoms with Crippen molar-refractivity contribution in [3.05, 3.63) is 58.9 Å². The van der Waals surface area contributed by atoms with E-state index < -0.39 is 17.3 Å². The van der Waals surface area contributed by atoms with E-state index in [-0.39, 0.29) is 24.0 Å². The minimum Gasteiger partial charge on any atom is -0.497 e. The maximum atomic E-state index is 15.1. The summed E-state index contributed by atoms with van der Waals surface area (Å²) in [6, 6.07) is 9.48. The van der Waals surface area contributed by atoms with Gasteiger partial charge in [0.2, 0.25) is 5.91 Å². The molecule has 2 heterocycles. The Labute approximate surface area is 194 Å². The molecule has 2 aromatic carbocycles. The van der Waals surface area contributed by atoms with Crippen LogP contribution in [-0.2, 0) is 26.2 Å². The summed E-state index contributed by atoms with van der Waals surface area (Å²) in [6.07, 6.45) is 1.01. The predicted molar refractivity (Wildman–Crippen MR) is 124 cm³/mol. The van der Waals surface area contributed by atoms with Gasteiger partial charge in [0.05, 0.1) is 19.3 Å². The Morgan fingerprint density at radius 3 is 2.58 bits per heavy atom. The molecule has 3 atom stereocenters. The molecule has 176 valence electrons. The first-order chi connectivity index (χ1) is 15.7. The van der Waals surface area contributed by atoms with Crippen LogP contribution >= 0.6 is 0 Å². The third kappa shape index (κ3) is 4.34. The molecule has 2 aliphatic rings. The number of hydrogen-bond acceptors (Lipinski definition) is 4. The van der Waals surface area contributed by atoms with E-state index in [1.165, 1.54) is 6.07 Å². The number of halogens is 1. The molecular formula is C26H31FN2O4. The van der Waals surface area contributed by atoms with Gasteiger partial charge in [-0.15, -0.1) is 0 Å². The smallest absolute Gasteiger partial charge is 0.251 e. The molecule has 2 unspecified atom stereocenters. The standard InChI is InChI=1S/C26H31FN2O4/c1-6-22(30)29-12-11-16-13-18(32-5)8-9-19(16)23(29)25(31)28-17-7-10-20(21(27)14-17)26(3,4)24-15(2)33-24/h7-10,13-15,23-24H,6,11-12H2,1-5H3,(H,28,31)/t15-,23?,24?/m0/s1. The van der Waals surface area contributed by atoms with Crippen LogP contribution < -0.4 is 10.1 Å². The third-order valence-electron chi connectivity index (χ3n) is 6.80. The minimum absolute atomic E-state index is 0.0308. The van der Waals surface area contributed by atoms with E-state index in [0.29, 0.717) is 36.4 Å². The summed E-state index contributed by atoms with van der Waals surface area (Å²) in [5.41, 5.74) is 2.16. The van der Waals surface area contributed by atoms with Crippen LogP contribution in [0, 0.1) is 5.82 Å². The summed E-state index contributed by atoms with van der Waals surface area (Å²) < 4.78 is 25.9. The van der Waals surface area contributed by atoms with Gasteiger partial charge in [-0.1, -0.05) is 32.9 Å². The van der Waals surface area contributed by atoms with E-state index in [1.807, 2.05) is 32.9 Å². The highest BCUT2D eigenvalue weighted by Crippen LogP contribution is 2.42. The number of fused-ring (bicyclic) bond motifs is 1. The quantitative estimate of drug-likeness (QED) is 0.658. The monoisotopic (exact) mass is 454 g/mol. The Morgan fingerprint density at radius 2 is 1.97 bits per heavy atom. The number of carbonyl (C=O) groups is 2. The van der Waals surface area contributed by atoms with E-state index in [9.17, 15) is 9.59 Å². The van der Waals surface area contributed by atoms with Crippen molar-refractivity contribution in [1.29, 1.82) is 0 Å². The van der Waals surface area contributed by atoms with E-state index >= 15 is 4.39 Å². The molecule has 4 rings (SSSR count). The Balaban J connectivity index is 1.61. The van der Waals surface area contributed by atoms with E-state index in [2.05, 4.69) is 5.32 Å². The normalized spacial score (nSPS) is 21.9. The Morgan fingerprint density at radius 1 is 1.24 bits per heavy atom. The van der Waals surface area contributed by atoms with Crippen LogP contribution in [0.5, 0.6) is 5.75 Å². The van der Waals surface area contributed by atoms with Crippen molar-refractivity contribution in [1.82, 2.24) is 4.90 Å². The summed E-state index contributed by atoms with van der Waals surface area (Å²) in [6.45, 7) is 8.10. The summed E-state index contributed by atoms with van der Waals surface area (Å²) >= 11 is 0. The lowest BCUT2D eigenvalue weighted by Gasteiger charge is -2.36. The van der Waals surface area contributed by atoms with Gasteiger partial charge in [-0.05, 0) is 54.3 Å². The number of methoxy groups -OCH3 is 1. The highest BCUT2D eigenvalue weighted by atomic mass is 19.1. The summed E-state index contributed by atoms with van der Waals surface area (Å²) in [4.78, 5) is 27.6. The maximum Gasteiger partial charge on any atom is 0.251 e. The van der Waals surface area contributed by atoms with Crippen LogP contribution in [0.4, 0.5) is 10.1 Å². The first-order valence-electron chi connectivity index (χ1n) is 11.4. The third-order valence-corrected chi connectivity index (χ3v) is 6.80. The fourth-order valence-corrected chi connectivity index (χ4v) is 4.91. The Hall–Kier alpha value is -2.93. The van der Waals surface area contributed by atoms with Crippen molar-refractivity contribution in [3.8, 4) is 5.75 Å². The molecule has 2 aliphatic heterocycles. The fourth-order valence-electron chi connectivity index (χ4n) is 4.91. The van der Waals surface area contributed by atoms with Crippen molar-refractivity contribution in [2.24, 2.45) is 0 Å². The van der Waals surface area contributed by atoms with Gasteiger partial charge in [0, 0.05) is 24.1 Å². The molecule has 0 spiro atoms. The number of nitrogens with one attached hydrogen (secondary N) is 1. The maximum absolute atomic E-state index is 15.1. The van der Waals surface area contributed by atoms with E-state index in [1.54, 1.807) is 37.1 Å². The lowest BCUT2D eigenvalue weighted by Crippen LogP contribution is -2.45. The van der Waals surface area contributed by atoms with Gasteiger partial charge >= 0.3 is 0 Å². The number of ether oxygens (including phenoxy) is 2. The molecule has 0 bridgehead atoms. The number of rotatable bonds is 6. The van der Waals surface area contributed by atoms with Crippen LogP contribution in [0.25, 0.3) is 0 Å². The second-order valence-electron chi connectivity index (χ2n) is 9.33. The van der Waals surface area contributed by atoms with Gasteiger partial charge in [-0.3, -0.25) is 9.59 Å². The van der Waals surface area contributed by atoms with Crippen LogP contribution in [0.1, 0.15) is 56.8 Å². The molecule has 1 N–H and O–H groups in total. The lowest BCUT2D eigenvalue weighted by molar-refractivity contribution is -0.139. The lowest BCUT2D eigenvalue weighted by atomic mass is 9.80. The van der Waals surface area contributed by atoms with Gasteiger partial charge in [-0.25, -0.2) is 4.39 Å². The zero-order valence-electron chi connectivity index (χ0n) is 19.8. The second kappa shape index (κ2) is 8.78. The molecule has 33 heavy (non-hydrogen) atoms. The highest BCUT2D eigenvalue weighted by Gasteiger charge is 2.48. The van der Waals surface area contributed by atoms with E-state index in [4.69, 9.17) is 9.47 Å². The SMILES string of the molecule is CCC(=O)N1CCc2cc(OC)ccc2C1C(=O)Nc1ccc(C(C)(C)C2O[C@H]2C)c(F)c1. The molecule has 6 nitrogen and oxygen atoms in total. The van der Waals surface area contributed by atoms with E-state index in [0.717, 1.165) is 11.1 Å². The molecule has 1 fully saturated rings. The zero-order chi connectivity index (χ0) is 23.9. The Kier molecular flexibility index (Phi) is 6.18. The van der Waals surface area contributed by atoms with Gasteiger partial charge in [0.25, 0.3) is 5.91 Å². The van der Waals surface area contributed by atoms with Gasteiger partial charge in [-0.2, -0.15) is 0 Å². The molecule has 1 saturated heterocycles. The number of amides is 2. The first kappa shape index (κ1) is 23.2. The van der Waals surface area contributed by atoms with Crippen molar-refractivity contribution in [2.75, 3.05) is 19.0 Å². The van der Waals surface area contributed by atoms with Crippen molar-refractivity contribution in [3.63, 3.8) is 0 Å². The molecule has 0 saturated carbocycles. The topological polar surface area (TPSA) is 71.2 Å². The van der Waals surface area contributed by atoms with Gasteiger partial charge in [0.1, 0.15) is 17.6 Å². The van der Waals surface area contributed by atoms with Crippen molar-refractivity contribution < 1.29 is 23.5 Å². The molecule has 2 amide bonds. The molecule has 0 aromatic heterocycles. The molecule has 7 heteroatoms. The number of epoxide rings is 1. The zero-order valence-corrected chi connectivity index (χ0v) is 19.8. The molecular weight excluding hydrogens is 423 g/mol. The van der Waals surface area contributed by atoms with Crippen LogP contribution in [0.15, 0.2) is 36.4 Å². The average Bonchev–Trinajstić information content (AvgIpc) is 3.54. The number of hydrogen-bond donors (Lipinski definition) is 1.